The number of hydrogen-bond donors (Lipinski definition) is 0. The Morgan fingerprint density at radius 2 is 1.83 bits per heavy atom. The highest BCUT2D eigenvalue weighted by Gasteiger charge is 2.08. The zero-order chi connectivity index (χ0) is 9.14. The van der Waals surface area contributed by atoms with E-state index in [1.807, 2.05) is 0 Å². The molecule has 1 rings (SSSR count). The second kappa shape index (κ2) is 3.34. The van der Waals surface area contributed by atoms with E-state index < -0.39 is 17.4 Å². The number of rotatable bonds is 2. The Kier molecular flexibility index (Phi) is 2.43. The first-order chi connectivity index (χ1) is 5.61. The molecule has 0 aliphatic rings. The predicted octanol–water partition coefficient (Wildman–Crippen LogP) is 2.88. The summed E-state index contributed by atoms with van der Waals surface area (Å²) in [5.74, 6) is -1.60. The summed E-state index contributed by atoms with van der Waals surface area (Å²) in [6, 6.07) is 3.53. The van der Waals surface area contributed by atoms with Crippen LogP contribution in [0.25, 0.3) is 0 Å². The molecule has 1 aromatic carbocycles. The van der Waals surface area contributed by atoms with E-state index in [0.29, 0.717) is 0 Å². The summed E-state index contributed by atoms with van der Waals surface area (Å²) in [5.41, 5.74) is 0. The number of halogens is 2. The highest BCUT2D eigenvalue weighted by Crippen LogP contribution is 2.22. The molecule has 0 aliphatic heterocycles. The molecule has 0 radical (unpaired) electrons. The average molecular weight is 170 g/mol. The summed E-state index contributed by atoms with van der Waals surface area (Å²) in [6.07, 6.45) is 0. The van der Waals surface area contributed by atoms with Crippen LogP contribution in [0.3, 0.4) is 0 Å². The third-order valence-electron chi connectivity index (χ3n) is 1.20. The normalized spacial score (nSPS) is 9.58. The lowest BCUT2D eigenvalue weighted by atomic mass is 10.3. The average Bonchev–Trinajstić information content (AvgIpc) is 1.97. The first-order valence-corrected chi connectivity index (χ1v) is 3.38. The molecule has 0 spiro atoms. The fourth-order valence-corrected chi connectivity index (χ4v) is 0.754. The lowest BCUT2D eigenvalue weighted by Gasteiger charge is -2.05. The van der Waals surface area contributed by atoms with Crippen LogP contribution in [0.1, 0.15) is 6.92 Å². The van der Waals surface area contributed by atoms with Gasteiger partial charge >= 0.3 is 0 Å². The standard InChI is InChI=1S/C9H8F2O/c1-6(2)12-9-7(10)4-3-5-8(9)11/h3-5H,1H2,2H3. The van der Waals surface area contributed by atoms with E-state index in [1.165, 1.54) is 13.0 Å². The van der Waals surface area contributed by atoms with E-state index in [4.69, 9.17) is 4.74 Å². The number of ether oxygens (including phenoxy) is 1. The van der Waals surface area contributed by atoms with Gasteiger partial charge in [0, 0.05) is 0 Å². The maximum Gasteiger partial charge on any atom is 0.198 e. The van der Waals surface area contributed by atoms with Gasteiger partial charge in [0.05, 0.1) is 5.76 Å². The first-order valence-electron chi connectivity index (χ1n) is 3.38. The van der Waals surface area contributed by atoms with Crippen LogP contribution in [0.2, 0.25) is 0 Å². The molecule has 0 amide bonds. The van der Waals surface area contributed by atoms with Crippen molar-refractivity contribution < 1.29 is 13.5 Å². The zero-order valence-corrected chi connectivity index (χ0v) is 6.60. The lowest BCUT2D eigenvalue weighted by molar-refractivity contribution is 0.372. The van der Waals surface area contributed by atoms with E-state index in [0.717, 1.165) is 12.1 Å². The summed E-state index contributed by atoms with van der Waals surface area (Å²) in [5, 5.41) is 0. The molecule has 0 saturated heterocycles. The Morgan fingerprint density at radius 3 is 2.25 bits per heavy atom. The van der Waals surface area contributed by atoms with E-state index in [1.54, 1.807) is 0 Å². The molecule has 0 atom stereocenters. The van der Waals surface area contributed by atoms with Crippen molar-refractivity contribution in [2.45, 2.75) is 6.92 Å². The van der Waals surface area contributed by atoms with Gasteiger partial charge in [-0.05, 0) is 19.1 Å². The van der Waals surface area contributed by atoms with Crippen LogP contribution in [0.15, 0.2) is 30.5 Å². The van der Waals surface area contributed by atoms with Gasteiger partial charge in [0.1, 0.15) is 0 Å². The minimum atomic E-state index is -0.724. The van der Waals surface area contributed by atoms with Gasteiger partial charge in [0.25, 0.3) is 0 Å². The molecule has 0 saturated carbocycles. The van der Waals surface area contributed by atoms with E-state index in [9.17, 15) is 8.78 Å². The largest absolute Gasteiger partial charge is 0.456 e. The molecule has 1 aromatic rings. The molecular weight excluding hydrogens is 162 g/mol. The molecule has 0 aromatic heterocycles. The van der Waals surface area contributed by atoms with Crippen molar-refractivity contribution in [3.63, 3.8) is 0 Å². The maximum atomic E-state index is 12.8. The Bertz CT molecular complexity index is 287. The quantitative estimate of drug-likeness (QED) is 0.620. The molecule has 0 heterocycles. The van der Waals surface area contributed by atoms with Gasteiger partial charge in [-0.2, -0.15) is 0 Å². The van der Waals surface area contributed by atoms with Crippen LogP contribution in [0.5, 0.6) is 5.75 Å². The third-order valence-corrected chi connectivity index (χ3v) is 1.20. The molecule has 0 fully saturated rings. The van der Waals surface area contributed by atoms with E-state index in [2.05, 4.69) is 6.58 Å². The van der Waals surface area contributed by atoms with E-state index in [-0.39, 0.29) is 5.76 Å². The van der Waals surface area contributed by atoms with Crippen molar-refractivity contribution >= 4 is 0 Å². The van der Waals surface area contributed by atoms with Crippen LogP contribution in [0, 0.1) is 11.6 Å². The van der Waals surface area contributed by atoms with Gasteiger partial charge in [0.15, 0.2) is 17.4 Å². The van der Waals surface area contributed by atoms with Crippen LogP contribution >= 0.6 is 0 Å². The van der Waals surface area contributed by atoms with Gasteiger partial charge in [-0.15, -0.1) is 0 Å². The monoisotopic (exact) mass is 170 g/mol. The van der Waals surface area contributed by atoms with Crippen molar-refractivity contribution in [3.8, 4) is 5.75 Å². The minimum Gasteiger partial charge on any atom is -0.456 e. The molecular formula is C9H8F2O. The Labute approximate surface area is 69.3 Å². The molecule has 0 bridgehead atoms. The molecule has 0 unspecified atom stereocenters. The number of hydrogen-bond acceptors (Lipinski definition) is 1. The topological polar surface area (TPSA) is 9.23 Å². The van der Waals surface area contributed by atoms with Gasteiger partial charge in [-0.1, -0.05) is 12.6 Å². The molecule has 0 aliphatic carbocycles. The summed E-state index contributed by atoms with van der Waals surface area (Å²) in [6.45, 7) is 4.90. The lowest BCUT2D eigenvalue weighted by Crippen LogP contribution is -1.94. The highest BCUT2D eigenvalue weighted by molar-refractivity contribution is 5.27. The zero-order valence-electron chi connectivity index (χ0n) is 6.60. The minimum absolute atomic E-state index is 0.249. The second-order valence-electron chi connectivity index (χ2n) is 2.35. The Morgan fingerprint density at radius 1 is 1.33 bits per heavy atom. The van der Waals surface area contributed by atoms with Crippen molar-refractivity contribution in [2.75, 3.05) is 0 Å². The van der Waals surface area contributed by atoms with E-state index >= 15 is 0 Å². The third kappa shape index (κ3) is 1.81. The summed E-state index contributed by atoms with van der Waals surface area (Å²) in [4.78, 5) is 0. The predicted molar refractivity (Wildman–Crippen MR) is 41.8 cm³/mol. The molecule has 0 N–H and O–H groups in total. The SMILES string of the molecule is C=C(C)Oc1c(F)cccc1F. The smallest absolute Gasteiger partial charge is 0.198 e. The molecule has 64 valence electrons. The van der Waals surface area contributed by atoms with Gasteiger partial charge in [0.2, 0.25) is 0 Å². The van der Waals surface area contributed by atoms with Gasteiger partial charge in [-0.3, -0.25) is 0 Å². The molecule has 1 nitrogen and oxygen atoms in total. The van der Waals surface area contributed by atoms with Crippen LogP contribution in [0.4, 0.5) is 8.78 Å². The van der Waals surface area contributed by atoms with Crippen molar-refractivity contribution in [2.24, 2.45) is 0 Å². The van der Waals surface area contributed by atoms with Crippen LogP contribution in [-0.4, -0.2) is 0 Å². The molecule has 3 heteroatoms. The number of para-hydroxylation sites is 1. The van der Waals surface area contributed by atoms with Gasteiger partial charge < -0.3 is 4.74 Å². The van der Waals surface area contributed by atoms with Crippen LogP contribution in [-0.2, 0) is 0 Å². The Hall–Kier alpha value is -1.38. The summed E-state index contributed by atoms with van der Waals surface area (Å²) in [7, 11) is 0. The van der Waals surface area contributed by atoms with Crippen LogP contribution < -0.4 is 4.74 Å². The van der Waals surface area contributed by atoms with Crippen molar-refractivity contribution in [1.82, 2.24) is 0 Å². The first kappa shape index (κ1) is 8.71. The van der Waals surface area contributed by atoms with Crippen molar-refractivity contribution in [3.05, 3.63) is 42.2 Å². The van der Waals surface area contributed by atoms with Crippen molar-refractivity contribution in [1.29, 1.82) is 0 Å². The fourth-order valence-electron chi connectivity index (χ4n) is 0.754. The number of benzene rings is 1. The maximum absolute atomic E-state index is 12.8. The highest BCUT2D eigenvalue weighted by atomic mass is 19.1. The summed E-state index contributed by atoms with van der Waals surface area (Å²) >= 11 is 0. The second-order valence-corrected chi connectivity index (χ2v) is 2.35. The molecule has 12 heavy (non-hydrogen) atoms. The fraction of sp³-hybridized carbons (Fsp3) is 0.111. The summed E-state index contributed by atoms with van der Waals surface area (Å²) < 4.78 is 30.3. The number of allylic oxidation sites excluding steroid dienone is 1. The van der Waals surface area contributed by atoms with Gasteiger partial charge in [-0.25, -0.2) is 8.78 Å². The Balaban J connectivity index is 3.04.